The van der Waals surface area contributed by atoms with Crippen molar-refractivity contribution in [2.75, 3.05) is 13.1 Å². The van der Waals surface area contributed by atoms with E-state index in [0.29, 0.717) is 11.9 Å². The molecular weight excluding hydrogens is 262 g/mol. The van der Waals surface area contributed by atoms with E-state index in [0.717, 1.165) is 38.2 Å². The van der Waals surface area contributed by atoms with E-state index in [1.54, 1.807) is 12.1 Å². The minimum Gasteiger partial charge on any atom is -0.508 e. The normalized spacial score (nSPS) is 16.8. The van der Waals surface area contributed by atoms with Crippen LogP contribution >= 0.6 is 0 Å². The third kappa shape index (κ3) is 3.99. The molecule has 0 atom stereocenters. The standard InChI is InChI=1S/C18H21NO2/c20-16-8-6-15(7-9-16)14-19-12-10-18(11-13-19)21-17-4-2-1-3-5-17/h1-9,18,20H,10-14H2. The summed E-state index contributed by atoms with van der Waals surface area (Å²) >= 11 is 0. The molecule has 3 nitrogen and oxygen atoms in total. The monoisotopic (exact) mass is 283 g/mol. The summed E-state index contributed by atoms with van der Waals surface area (Å²) < 4.78 is 6.01. The first-order valence-electron chi connectivity index (χ1n) is 7.51. The van der Waals surface area contributed by atoms with Crippen molar-refractivity contribution in [1.29, 1.82) is 0 Å². The molecule has 1 saturated heterocycles. The van der Waals surface area contributed by atoms with Crippen molar-refractivity contribution in [3.05, 3.63) is 60.2 Å². The lowest BCUT2D eigenvalue weighted by Gasteiger charge is -2.32. The molecule has 1 aliphatic rings. The van der Waals surface area contributed by atoms with Crippen LogP contribution in [0.5, 0.6) is 11.5 Å². The molecule has 0 unspecified atom stereocenters. The van der Waals surface area contributed by atoms with Gasteiger partial charge in [0.1, 0.15) is 17.6 Å². The van der Waals surface area contributed by atoms with Crippen LogP contribution in [0.4, 0.5) is 0 Å². The van der Waals surface area contributed by atoms with E-state index < -0.39 is 0 Å². The van der Waals surface area contributed by atoms with E-state index >= 15 is 0 Å². The Morgan fingerprint density at radius 1 is 0.952 bits per heavy atom. The Bertz CT molecular complexity index is 545. The van der Waals surface area contributed by atoms with Crippen molar-refractivity contribution in [3.63, 3.8) is 0 Å². The Kier molecular flexibility index (Phi) is 4.41. The maximum absolute atomic E-state index is 9.31. The van der Waals surface area contributed by atoms with Gasteiger partial charge in [0.25, 0.3) is 0 Å². The highest BCUT2D eigenvalue weighted by Gasteiger charge is 2.20. The number of phenolic OH excluding ortho intramolecular Hbond substituents is 1. The first-order chi connectivity index (χ1) is 10.3. The summed E-state index contributed by atoms with van der Waals surface area (Å²) in [4.78, 5) is 2.44. The molecule has 1 N–H and O–H groups in total. The van der Waals surface area contributed by atoms with Crippen molar-refractivity contribution in [2.45, 2.75) is 25.5 Å². The highest BCUT2D eigenvalue weighted by atomic mass is 16.5. The molecule has 2 aromatic rings. The SMILES string of the molecule is Oc1ccc(CN2CCC(Oc3ccccc3)CC2)cc1. The second kappa shape index (κ2) is 6.64. The fourth-order valence-electron chi connectivity index (χ4n) is 2.74. The zero-order chi connectivity index (χ0) is 14.5. The van der Waals surface area contributed by atoms with Crippen LogP contribution in [0.2, 0.25) is 0 Å². The van der Waals surface area contributed by atoms with Crippen molar-refractivity contribution in [1.82, 2.24) is 4.90 Å². The average molecular weight is 283 g/mol. The van der Waals surface area contributed by atoms with Gasteiger partial charge in [-0.2, -0.15) is 0 Å². The molecule has 0 aromatic heterocycles. The van der Waals surface area contributed by atoms with Crippen molar-refractivity contribution >= 4 is 0 Å². The molecular formula is C18H21NO2. The minimum absolute atomic E-state index is 0.323. The van der Waals surface area contributed by atoms with Gasteiger partial charge in [-0.3, -0.25) is 4.90 Å². The van der Waals surface area contributed by atoms with Gasteiger partial charge in [0, 0.05) is 19.6 Å². The molecule has 0 aliphatic carbocycles. The van der Waals surface area contributed by atoms with Crippen LogP contribution in [0.25, 0.3) is 0 Å². The second-order valence-electron chi connectivity index (χ2n) is 5.57. The van der Waals surface area contributed by atoms with Gasteiger partial charge in [0.15, 0.2) is 0 Å². The summed E-state index contributed by atoms with van der Waals surface area (Å²) in [6.07, 6.45) is 2.45. The van der Waals surface area contributed by atoms with Crippen LogP contribution in [-0.4, -0.2) is 29.2 Å². The maximum Gasteiger partial charge on any atom is 0.119 e. The van der Waals surface area contributed by atoms with Gasteiger partial charge < -0.3 is 9.84 Å². The highest BCUT2D eigenvalue weighted by molar-refractivity contribution is 5.26. The molecule has 3 heteroatoms. The Hall–Kier alpha value is -2.00. The number of para-hydroxylation sites is 1. The molecule has 0 radical (unpaired) electrons. The molecule has 0 spiro atoms. The Morgan fingerprint density at radius 2 is 1.62 bits per heavy atom. The van der Waals surface area contributed by atoms with Gasteiger partial charge in [-0.05, 0) is 42.7 Å². The zero-order valence-corrected chi connectivity index (χ0v) is 12.1. The van der Waals surface area contributed by atoms with E-state index in [-0.39, 0.29) is 0 Å². The van der Waals surface area contributed by atoms with Gasteiger partial charge in [0.2, 0.25) is 0 Å². The largest absolute Gasteiger partial charge is 0.508 e. The van der Waals surface area contributed by atoms with Crippen molar-refractivity contribution < 1.29 is 9.84 Å². The van der Waals surface area contributed by atoms with Crippen LogP contribution in [0.1, 0.15) is 18.4 Å². The van der Waals surface area contributed by atoms with Crippen LogP contribution < -0.4 is 4.74 Å². The van der Waals surface area contributed by atoms with Crippen molar-refractivity contribution in [3.8, 4) is 11.5 Å². The summed E-state index contributed by atoms with van der Waals surface area (Å²) in [5.74, 6) is 1.29. The lowest BCUT2D eigenvalue weighted by atomic mass is 10.1. The number of benzene rings is 2. The Morgan fingerprint density at radius 3 is 2.29 bits per heavy atom. The maximum atomic E-state index is 9.31. The third-order valence-electron chi connectivity index (χ3n) is 3.92. The number of phenols is 1. The van der Waals surface area contributed by atoms with E-state index in [2.05, 4.69) is 4.90 Å². The molecule has 21 heavy (non-hydrogen) atoms. The van der Waals surface area contributed by atoms with Gasteiger partial charge >= 0.3 is 0 Å². The van der Waals surface area contributed by atoms with Gasteiger partial charge in [-0.25, -0.2) is 0 Å². The fourth-order valence-corrected chi connectivity index (χ4v) is 2.74. The summed E-state index contributed by atoms with van der Waals surface area (Å²) in [6, 6.07) is 17.5. The molecule has 0 bridgehead atoms. The molecule has 110 valence electrons. The number of aromatic hydroxyl groups is 1. The zero-order valence-electron chi connectivity index (χ0n) is 12.1. The van der Waals surface area contributed by atoms with Crippen LogP contribution in [0.3, 0.4) is 0 Å². The molecule has 1 aliphatic heterocycles. The Labute approximate surface area is 125 Å². The molecule has 3 rings (SSSR count). The molecule has 1 heterocycles. The van der Waals surface area contributed by atoms with E-state index in [1.807, 2.05) is 42.5 Å². The van der Waals surface area contributed by atoms with Gasteiger partial charge in [0.05, 0.1) is 0 Å². The summed E-state index contributed by atoms with van der Waals surface area (Å²) in [7, 11) is 0. The molecule has 0 amide bonds. The molecule has 2 aromatic carbocycles. The van der Waals surface area contributed by atoms with E-state index in [1.165, 1.54) is 5.56 Å². The number of likely N-dealkylation sites (tertiary alicyclic amines) is 1. The van der Waals surface area contributed by atoms with E-state index in [4.69, 9.17) is 4.74 Å². The van der Waals surface area contributed by atoms with Gasteiger partial charge in [-0.15, -0.1) is 0 Å². The average Bonchev–Trinajstić information content (AvgIpc) is 2.53. The fraction of sp³-hybridized carbons (Fsp3) is 0.333. The van der Waals surface area contributed by atoms with Crippen molar-refractivity contribution in [2.24, 2.45) is 0 Å². The van der Waals surface area contributed by atoms with Crippen LogP contribution in [0, 0.1) is 0 Å². The second-order valence-corrected chi connectivity index (χ2v) is 5.57. The predicted molar refractivity (Wildman–Crippen MR) is 83.5 cm³/mol. The highest BCUT2D eigenvalue weighted by Crippen LogP contribution is 2.20. The first-order valence-corrected chi connectivity index (χ1v) is 7.51. The number of ether oxygens (including phenoxy) is 1. The Balaban J connectivity index is 1.47. The van der Waals surface area contributed by atoms with E-state index in [9.17, 15) is 5.11 Å². The summed E-state index contributed by atoms with van der Waals surface area (Å²) in [5, 5.41) is 9.31. The topological polar surface area (TPSA) is 32.7 Å². The molecule has 0 saturated carbocycles. The van der Waals surface area contributed by atoms with Gasteiger partial charge in [-0.1, -0.05) is 30.3 Å². The number of rotatable bonds is 4. The summed E-state index contributed by atoms with van der Waals surface area (Å²) in [5.41, 5.74) is 1.25. The smallest absolute Gasteiger partial charge is 0.119 e. The quantitative estimate of drug-likeness (QED) is 0.933. The molecule has 1 fully saturated rings. The van der Waals surface area contributed by atoms with Crippen LogP contribution in [0.15, 0.2) is 54.6 Å². The summed E-state index contributed by atoms with van der Waals surface area (Å²) in [6.45, 7) is 3.05. The number of hydrogen-bond donors (Lipinski definition) is 1. The lowest BCUT2D eigenvalue weighted by molar-refractivity contribution is 0.0968. The third-order valence-corrected chi connectivity index (χ3v) is 3.92. The lowest BCUT2D eigenvalue weighted by Crippen LogP contribution is -2.37. The van der Waals surface area contributed by atoms with Crippen LogP contribution in [-0.2, 0) is 6.54 Å². The number of piperidine rings is 1. The minimum atomic E-state index is 0.323. The predicted octanol–water partition coefficient (Wildman–Crippen LogP) is 3.44. The first kappa shape index (κ1) is 14.0. The number of nitrogens with zero attached hydrogens (tertiary/aromatic N) is 1. The number of hydrogen-bond acceptors (Lipinski definition) is 3.